The summed E-state index contributed by atoms with van der Waals surface area (Å²) in [5.74, 6) is 0. The van der Waals surface area contributed by atoms with Crippen molar-refractivity contribution in [3.8, 4) is 0 Å². The summed E-state index contributed by atoms with van der Waals surface area (Å²) in [6, 6.07) is 26.7. The SMILES string of the molecule is CC(=N)CC(=N)c1ccccc1NCC1=C=CC=C=C(c2ccc(C[n+]3c(C)cc(N)c4ccccc43)cc2)C=C1. The Morgan fingerprint density at radius 3 is 2.44 bits per heavy atom. The van der Waals surface area contributed by atoms with Crippen LogP contribution in [0.4, 0.5) is 11.4 Å². The Balaban J connectivity index is 1.29. The summed E-state index contributed by atoms with van der Waals surface area (Å²) in [7, 11) is 0. The Labute approximate surface area is 241 Å². The highest BCUT2D eigenvalue weighted by molar-refractivity contribution is 6.12. The molecule has 41 heavy (non-hydrogen) atoms. The van der Waals surface area contributed by atoms with Crippen molar-refractivity contribution in [3.05, 3.63) is 143 Å². The Morgan fingerprint density at radius 2 is 1.63 bits per heavy atom. The third-order valence-electron chi connectivity index (χ3n) is 7.11. The lowest BCUT2D eigenvalue weighted by atomic mass is 10.0. The summed E-state index contributed by atoms with van der Waals surface area (Å²) in [5.41, 5.74) is 22.9. The Bertz CT molecular complexity index is 1810. The van der Waals surface area contributed by atoms with E-state index in [9.17, 15) is 0 Å². The molecule has 1 heterocycles. The van der Waals surface area contributed by atoms with Crippen LogP contribution in [0.15, 0.2) is 120 Å². The summed E-state index contributed by atoms with van der Waals surface area (Å²) in [5, 5.41) is 20.7. The smallest absolute Gasteiger partial charge is 0.215 e. The molecule has 5 N–H and O–H groups in total. The summed E-state index contributed by atoms with van der Waals surface area (Å²) < 4.78 is 2.30. The second-order valence-corrected chi connectivity index (χ2v) is 10.3. The third-order valence-corrected chi connectivity index (χ3v) is 7.11. The number of allylic oxidation sites excluding steroid dienone is 2. The zero-order valence-electron chi connectivity index (χ0n) is 23.5. The van der Waals surface area contributed by atoms with Crippen molar-refractivity contribution in [3.63, 3.8) is 0 Å². The number of fused-ring (bicyclic) bond motifs is 1. The maximum Gasteiger partial charge on any atom is 0.215 e. The van der Waals surface area contributed by atoms with Gasteiger partial charge in [0.1, 0.15) is 0 Å². The number of para-hydroxylation sites is 2. The van der Waals surface area contributed by atoms with Crippen LogP contribution in [-0.2, 0) is 6.54 Å². The number of pyridine rings is 1. The number of hydrogen-bond acceptors (Lipinski definition) is 4. The first kappa shape index (κ1) is 27.4. The molecule has 0 saturated heterocycles. The normalized spacial score (nSPS) is 12.4. The van der Waals surface area contributed by atoms with Gasteiger partial charge in [-0.1, -0.05) is 54.6 Å². The van der Waals surface area contributed by atoms with Crippen LogP contribution in [0, 0.1) is 17.7 Å². The van der Waals surface area contributed by atoms with Crippen LogP contribution in [0.2, 0.25) is 0 Å². The maximum atomic E-state index is 8.40. The summed E-state index contributed by atoms with van der Waals surface area (Å²) in [4.78, 5) is 0. The average Bonchev–Trinajstić information content (AvgIpc) is 2.95. The topological polar surface area (TPSA) is 89.6 Å². The summed E-state index contributed by atoms with van der Waals surface area (Å²) in [6.45, 7) is 5.15. The largest absolute Gasteiger partial charge is 0.398 e. The van der Waals surface area contributed by atoms with Crippen LogP contribution in [0.25, 0.3) is 16.5 Å². The molecular weight excluding hydrogens is 502 g/mol. The van der Waals surface area contributed by atoms with Gasteiger partial charge >= 0.3 is 0 Å². The monoisotopic (exact) mass is 536 g/mol. The number of hydrogen-bond donors (Lipinski definition) is 4. The van der Waals surface area contributed by atoms with Crippen molar-refractivity contribution >= 4 is 39.3 Å². The van der Waals surface area contributed by atoms with E-state index >= 15 is 0 Å². The molecule has 1 aromatic heterocycles. The lowest BCUT2D eigenvalue weighted by molar-refractivity contribution is -0.668. The van der Waals surface area contributed by atoms with Gasteiger partial charge in [0.05, 0.1) is 11.1 Å². The fourth-order valence-electron chi connectivity index (χ4n) is 5.01. The minimum atomic E-state index is 0.341. The van der Waals surface area contributed by atoms with Crippen molar-refractivity contribution in [1.29, 1.82) is 10.8 Å². The van der Waals surface area contributed by atoms with Crippen molar-refractivity contribution in [1.82, 2.24) is 0 Å². The molecule has 5 nitrogen and oxygen atoms in total. The van der Waals surface area contributed by atoms with Crippen LogP contribution < -0.4 is 15.6 Å². The van der Waals surface area contributed by atoms with Crippen LogP contribution >= 0.6 is 0 Å². The minimum absolute atomic E-state index is 0.341. The van der Waals surface area contributed by atoms with Crippen molar-refractivity contribution < 1.29 is 4.57 Å². The number of rotatable bonds is 9. The van der Waals surface area contributed by atoms with Gasteiger partial charge in [0, 0.05) is 71.4 Å². The molecule has 0 fully saturated rings. The van der Waals surface area contributed by atoms with E-state index in [1.54, 1.807) is 6.92 Å². The van der Waals surface area contributed by atoms with E-state index in [0.717, 1.165) is 56.8 Å². The molecular formula is C36H34N5+. The molecule has 1 aliphatic rings. The molecule has 1 aliphatic carbocycles. The van der Waals surface area contributed by atoms with Gasteiger partial charge < -0.3 is 21.9 Å². The molecule has 0 radical (unpaired) electrons. The van der Waals surface area contributed by atoms with Gasteiger partial charge in [0.2, 0.25) is 5.52 Å². The molecule has 0 aliphatic heterocycles. The number of anilines is 2. The predicted molar refractivity (Wildman–Crippen MR) is 171 cm³/mol. The van der Waals surface area contributed by atoms with Gasteiger partial charge in [0.15, 0.2) is 12.2 Å². The fourth-order valence-corrected chi connectivity index (χ4v) is 5.01. The van der Waals surface area contributed by atoms with Crippen molar-refractivity contribution in [2.75, 3.05) is 17.6 Å². The highest BCUT2D eigenvalue weighted by atomic mass is 15.0. The van der Waals surface area contributed by atoms with E-state index in [4.69, 9.17) is 16.6 Å². The molecule has 4 aromatic rings. The van der Waals surface area contributed by atoms with E-state index in [0.29, 0.717) is 24.4 Å². The molecule has 0 saturated carbocycles. The second-order valence-electron chi connectivity index (χ2n) is 10.3. The second kappa shape index (κ2) is 12.3. The standard InChI is InChI=1S/C36H33N5/c1-25(37)21-33(38)31-11-5-7-13-35(31)40-23-27-9-3-4-10-29(18-15-27)30-19-16-28(17-20-30)24-41-26(2)22-34(39)32-12-6-8-14-36(32)41/h3-8,11-20,22,37,39H,21,23-24H2,1-2H3,(H2,38,40)/p+1. The number of nitrogens with two attached hydrogens (primary N) is 1. The first-order valence-corrected chi connectivity index (χ1v) is 13.7. The number of nitrogen functional groups attached to an aromatic ring is 1. The summed E-state index contributed by atoms with van der Waals surface area (Å²) >= 11 is 0. The number of nitrogens with one attached hydrogen (secondary N) is 3. The molecule has 0 atom stereocenters. The number of aryl methyl sites for hydroxylation is 1. The van der Waals surface area contributed by atoms with Gasteiger partial charge in [-0.05, 0) is 48.9 Å². The van der Waals surface area contributed by atoms with Gasteiger partial charge in [-0.15, -0.1) is 11.5 Å². The molecule has 0 unspecified atom stereocenters. The number of nitrogens with zero attached hydrogens (tertiary/aromatic N) is 1. The molecule has 0 spiro atoms. The average molecular weight is 537 g/mol. The van der Waals surface area contributed by atoms with Crippen LogP contribution in [0.1, 0.15) is 35.7 Å². The molecule has 0 amide bonds. The van der Waals surface area contributed by atoms with Gasteiger partial charge in [-0.25, -0.2) is 0 Å². The molecule has 5 rings (SSSR count). The molecule has 5 heteroatoms. The first-order valence-electron chi connectivity index (χ1n) is 13.7. The zero-order valence-corrected chi connectivity index (χ0v) is 23.5. The van der Waals surface area contributed by atoms with E-state index in [1.165, 1.54) is 5.56 Å². The predicted octanol–water partition coefficient (Wildman–Crippen LogP) is 7.17. The van der Waals surface area contributed by atoms with E-state index < -0.39 is 0 Å². The molecule has 202 valence electrons. The quantitative estimate of drug-likeness (QED) is 0.104. The van der Waals surface area contributed by atoms with Crippen LogP contribution in [0.5, 0.6) is 0 Å². The van der Waals surface area contributed by atoms with Gasteiger partial charge in [-0.3, -0.25) is 0 Å². The lowest BCUT2D eigenvalue weighted by Crippen LogP contribution is -2.38. The van der Waals surface area contributed by atoms with Crippen molar-refractivity contribution in [2.24, 2.45) is 0 Å². The number of benzene rings is 3. The van der Waals surface area contributed by atoms with E-state index in [2.05, 4.69) is 82.9 Å². The fraction of sp³-hybridized carbons (Fsp3) is 0.139. The Morgan fingerprint density at radius 1 is 0.902 bits per heavy atom. The van der Waals surface area contributed by atoms with Crippen LogP contribution in [0.3, 0.4) is 0 Å². The zero-order chi connectivity index (χ0) is 28.8. The van der Waals surface area contributed by atoms with Crippen LogP contribution in [-0.4, -0.2) is 18.0 Å². The van der Waals surface area contributed by atoms with Gasteiger partial charge in [0.25, 0.3) is 0 Å². The molecule has 0 bridgehead atoms. The highest BCUT2D eigenvalue weighted by Crippen LogP contribution is 2.22. The summed E-state index contributed by atoms with van der Waals surface area (Å²) in [6.07, 6.45) is 8.24. The number of aromatic nitrogens is 1. The Kier molecular flexibility index (Phi) is 8.22. The Hall–Kier alpha value is -5.21. The molecule has 3 aromatic carbocycles. The van der Waals surface area contributed by atoms with Gasteiger partial charge in [-0.2, -0.15) is 4.57 Å². The minimum Gasteiger partial charge on any atom is -0.398 e. The van der Waals surface area contributed by atoms with E-state index in [1.807, 2.05) is 48.6 Å². The maximum absolute atomic E-state index is 8.40. The highest BCUT2D eigenvalue weighted by Gasteiger charge is 2.16. The lowest BCUT2D eigenvalue weighted by Gasteiger charge is -2.13. The third kappa shape index (κ3) is 6.51. The first-order chi connectivity index (χ1) is 19.9. The van der Waals surface area contributed by atoms with E-state index in [-0.39, 0.29) is 0 Å². The van der Waals surface area contributed by atoms with Crippen molar-refractivity contribution in [2.45, 2.75) is 26.8 Å².